The number of carbonyl (C=O) groups excluding carboxylic acids is 2. The Morgan fingerprint density at radius 1 is 1.04 bits per heavy atom. The van der Waals surface area contributed by atoms with Crippen LogP contribution in [-0.2, 0) is 6.54 Å². The molecule has 0 bridgehead atoms. The number of amides is 1. The summed E-state index contributed by atoms with van der Waals surface area (Å²) in [5, 5.41) is 6.53. The monoisotopic (exact) mass is 380 g/mol. The number of rotatable bonds is 6. The number of aromatic nitrogens is 2. The number of carbonyl (C=O) groups is 2. The molecule has 2 N–H and O–H groups in total. The summed E-state index contributed by atoms with van der Waals surface area (Å²) in [5.74, 6) is 0.124. The van der Waals surface area contributed by atoms with Gasteiger partial charge in [0.15, 0.2) is 5.78 Å². The molecular weight excluding hydrogens is 364 g/mol. The van der Waals surface area contributed by atoms with Crippen LogP contribution in [0.5, 0.6) is 0 Å². The van der Waals surface area contributed by atoms with Crippen molar-refractivity contribution < 1.29 is 9.59 Å². The van der Waals surface area contributed by atoms with E-state index in [0.717, 1.165) is 5.56 Å². The van der Waals surface area contributed by atoms with Gasteiger partial charge in [0.2, 0.25) is 0 Å². The van der Waals surface area contributed by atoms with Crippen LogP contribution in [0.2, 0.25) is 5.02 Å². The van der Waals surface area contributed by atoms with E-state index in [-0.39, 0.29) is 17.4 Å². The molecule has 0 atom stereocenters. The number of ketones is 1. The zero-order chi connectivity index (χ0) is 19.2. The Morgan fingerprint density at radius 2 is 1.81 bits per heavy atom. The lowest BCUT2D eigenvalue weighted by molar-refractivity contribution is 0.0945. The van der Waals surface area contributed by atoms with E-state index in [1.807, 2.05) is 18.2 Å². The predicted octanol–water partition coefficient (Wildman–Crippen LogP) is 4.01. The topological polar surface area (TPSA) is 84.0 Å². The maximum absolute atomic E-state index is 12.3. The van der Waals surface area contributed by atoms with Gasteiger partial charge in [-0.1, -0.05) is 35.9 Å². The lowest BCUT2D eigenvalue weighted by Crippen LogP contribution is -2.24. The molecule has 1 aromatic heterocycles. The zero-order valence-electron chi connectivity index (χ0n) is 14.6. The average molecular weight is 381 g/mol. The highest BCUT2D eigenvalue weighted by Gasteiger charge is 2.09. The van der Waals surface area contributed by atoms with E-state index in [1.165, 1.54) is 13.3 Å². The summed E-state index contributed by atoms with van der Waals surface area (Å²) in [7, 11) is 0. The molecule has 0 unspecified atom stereocenters. The van der Waals surface area contributed by atoms with Crippen LogP contribution in [0.3, 0.4) is 0 Å². The quantitative estimate of drug-likeness (QED) is 0.631. The average Bonchev–Trinajstić information content (AvgIpc) is 2.67. The fourth-order valence-electron chi connectivity index (χ4n) is 2.39. The van der Waals surface area contributed by atoms with Crippen LogP contribution in [0, 0.1) is 0 Å². The summed E-state index contributed by atoms with van der Waals surface area (Å²) in [6.45, 7) is 1.87. The molecule has 0 aliphatic rings. The van der Waals surface area contributed by atoms with E-state index in [0.29, 0.717) is 28.6 Å². The highest BCUT2D eigenvalue weighted by Crippen LogP contribution is 2.17. The molecule has 0 fully saturated rings. The molecule has 27 heavy (non-hydrogen) atoms. The summed E-state index contributed by atoms with van der Waals surface area (Å²) in [6, 6.07) is 15.8. The van der Waals surface area contributed by atoms with Gasteiger partial charge >= 0.3 is 0 Å². The predicted molar refractivity (Wildman–Crippen MR) is 104 cm³/mol. The number of hydrogen-bond acceptors (Lipinski definition) is 5. The summed E-state index contributed by atoms with van der Waals surface area (Å²) < 4.78 is 0. The summed E-state index contributed by atoms with van der Waals surface area (Å²) in [4.78, 5) is 32.0. The molecule has 7 heteroatoms. The van der Waals surface area contributed by atoms with Crippen LogP contribution >= 0.6 is 11.6 Å². The highest BCUT2D eigenvalue weighted by atomic mass is 35.5. The second-order valence-corrected chi connectivity index (χ2v) is 6.30. The first-order chi connectivity index (χ1) is 13.0. The van der Waals surface area contributed by atoms with Crippen molar-refractivity contribution in [1.82, 2.24) is 15.3 Å². The fraction of sp³-hybridized carbons (Fsp3) is 0.100. The minimum Gasteiger partial charge on any atom is -0.347 e. The second-order valence-electron chi connectivity index (χ2n) is 5.86. The van der Waals surface area contributed by atoms with Crippen LogP contribution in [-0.4, -0.2) is 21.7 Å². The minimum absolute atomic E-state index is 0.0244. The Bertz CT molecular complexity index is 974. The SMILES string of the molecule is CC(=O)c1cccc(Nc2cc(C(=O)NCc3ccc(Cl)cc3)ncn2)c1. The standard InChI is InChI=1S/C20H17ClN4O2/c1-13(26)15-3-2-4-17(9-15)25-19-10-18(23-12-24-19)20(27)22-11-14-5-7-16(21)8-6-14/h2-10,12H,11H2,1H3,(H,22,27)(H,23,24,25). The number of anilines is 2. The molecule has 0 saturated carbocycles. The Hall–Kier alpha value is -3.25. The van der Waals surface area contributed by atoms with Gasteiger partial charge in [-0.2, -0.15) is 0 Å². The van der Waals surface area contributed by atoms with Crippen LogP contribution in [0.15, 0.2) is 60.9 Å². The third-order valence-electron chi connectivity index (χ3n) is 3.81. The fourth-order valence-corrected chi connectivity index (χ4v) is 2.51. The summed E-state index contributed by atoms with van der Waals surface area (Å²) in [6.07, 6.45) is 1.31. The summed E-state index contributed by atoms with van der Waals surface area (Å²) in [5.41, 5.74) is 2.47. The number of Topliss-reactive ketones (excluding diaryl/α,β-unsaturated/α-hetero) is 1. The van der Waals surface area contributed by atoms with Gasteiger partial charge in [0.25, 0.3) is 5.91 Å². The van der Waals surface area contributed by atoms with Crippen LogP contribution < -0.4 is 10.6 Å². The highest BCUT2D eigenvalue weighted by molar-refractivity contribution is 6.30. The van der Waals surface area contributed by atoms with Crippen molar-refractivity contribution >= 4 is 34.8 Å². The van der Waals surface area contributed by atoms with Crippen LogP contribution in [0.4, 0.5) is 11.5 Å². The Labute approximate surface area is 161 Å². The van der Waals surface area contributed by atoms with E-state index < -0.39 is 0 Å². The van der Waals surface area contributed by atoms with Gasteiger partial charge in [0.1, 0.15) is 17.8 Å². The Kier molecular flexibility index (Phi) is 5.78. The van der Waals surface area contributed by atoms with Gasteiger partial charge < -0.3 is 10.6 Å². The molecule has 6 nitrogen and oxygen atoms in total. The Balaban J connectivity index is 1.67. The molecule has 3 rings (SSSR count). The number of nitrogens with one attached hydrogen (secondary N) is 2. The number of hydrogen-bond donors (Lipinski definition) is 2. The minimum atomic E-state index is -0.312. The normalized spacial score (nSPS) is 10.3. The third-order valence-corrected chi connectivity index (χ3v) is 4.06. The molecule has 0 saturated heterocycles. The van der Waals surface area contributed by atoms with Gasteiger partial charge in [0, 0.05) is 28.9 Å². The first kappa shape index (κ1) is 18.5. The molecule has 1 amide bonds. The van der Waals surface area contributed by atoms with Crippen molar-refractivity contribution in [2.75, 3.05) is 5.32 Å². The van der Waals surface area contributed by atoms with Crippen LogP contribution in [0.1, 0.15) is 33.3 Å². The van der Waals surface area contributed by atoms with E-state index >= 15 is 0 Å². The van der Waals surface area contributed by atoms with Gasteiger partial charge in [-0.05, 0) is 36.8 Å². The lowest BCUT2D eigenvalue weighted by atomic mass is 10.1. The zero-order valence-corrected chi connectivity index (χ0v) is 15.3. The van der Waals surface area contributed by atoms with Gasteiger partial charge in [0.05, 0.1) is 0 Å². The van der Waals surface area contributed by atoms with Gasteiger partial charge in [-0.3, -0.25) is 9.59 Å². The number of benzene rings is 2. The van der Waals surface area contributed by atoms with E-state index in [2.05, 4.69) is 20.6 Å². The third kappa shape index (κ3) is 5.12. The molecule has 0 spiro atoms. The Morgan fingerprint density at radius 3 is 2.56 bits per heavy atom. The molecule has 2 aromatic carbocycles. The van der Waals surface area contributed by atoms with E-state index in [1.54, 1.807) is 36.4 Å². The van der Waals surface area contributed by atoms with Crippen molar-refractivity contribution in [3.8, 4) is 0 Å². The van der Waals surface area contributed by atoms with E-state index in [4.69, 9.17) is 11.6 Å². The second kappa shape index (κ2) is 8.42. The van der Waals surface area contributed by atoms with E-state index in [9.17, 15) is 9.59 Å². The summed E-state index contributed by atoms with van der Waals surface area (Å²) >= 11 is 5.85. The molecule has 3 aromatic rings. The molecule has 0 aliphatic carbocycles. The number of halogens is 1. The van der Waals surface area contributed by atoms with Crippen molar-refractivity contribution in [2.24, 2.45) is 0 Å². The molecule has 0 radical (unpaired) electrons. The number of nitrogens with zero attached hydrogens (tertiary/aromatic N) is 2. The molecule has 0 aliphatic heterocycles. The first-order valence-electron chi connectivity index (χ1n) is 8.24. The first-order valence-corrected chi connectivity index (χ1v) is 8.62. The maximum atomic E-state index is 12.3. The van der Waals surface area contributed by atoms with Gasteiger partial charge in [-0.25, -0.2) is 9.97 Å². The van der Waals surface area contributed by atoms with Gasteiger partial charge in [-0.15, -0.1) is 0 Å². The van der Waals surface area contributed by atoms with Crippen molar-refractivity contribution in [2.45, 2.75) is 13.5 Å². The van der Waals surface area contributed by atoms with Crippen molar-refractivity contribution in [3.05, 3.63) is 82.8 Å². The van der Waals surface area contributed by atoms with Crippen molar-refractivity contribution in [3.63, 3.8) is 0 Å². The smallest absolute Gasteiger partial charge is 0.270 e. The molecule has 1 heterocycles. The van der Waals surface area contributed by atoms with Crippen LogP contribution in [0.25, 0.3) is 0 Å². The maximum Gasteiger partial charge on any atom is 0.270 e. The largest absolute Gasteiger partial charge is 0.347 e. The molecular formula is C20H17ClN4O2. The van der Waals surface area contributed by atoms with Crippen molar-refractivity contribution in [1.29, 1.82) is 0 Å². The lowest BCUT2D eigenvalue weighted by Gasteiger charge is -2.08. The molecule has 136 valence electrons.